The molecule has 1 aromatic heterocycles. The highest BCUT2D eigenvalue weighted by molar-refractivity contribution is 4.85. The van der Waals surface area contributed by atoms with Crippen molar-refractivity contribution in [2.24, 2.45) is 5.41 Å². The molecule has 7 nitrogen and oxygen atoms in total. The molecule has 1 aromatic rings. The van der Waals surface area contributed by atoms with Crippen molar-refractivity contribution in [3.05, 3.63) is 18.7 Å². The molecule has 47 heavy (non-hydrogen) atoms. The fraction of sp³-hybridized carbons (Fsp3) is 0.925. The van der Waals surface area contributed by atoms with Crippen LogP contribution in [0.25, 0.3) is 0 Å². The van der Waals surface area contributed by atoms with Crippen LogP contribution in [-0.2, 0) is 10.3 Å². The zero-order valence-corrected chi connectivity index (χ0v) is 34.3. The molecule has 0 aliphatic carbocycles. The fourth-order valence-corrected chi connectivity index (χ4v) is 6.27. The van der Waals surface area contributed by atoms with E-state index in [1.165, 1.54) is 77.7 Å². The van der Waals surface area contributed by atoms with Crippen molar-refractivity contribution in [2.75, 3.05) is 59.0 Å². The van der Waals surface area contributed by atoms with Crippen LogP contribution in [0.4, 0.5) is 0 Å². The van der Waals surface area contributed by atoms with Crippen molar-refractivity contribution in [2.45, 2.75) is 177 Å². The first kappa shape index (κ1) is 44.0. The summed E-state index contributed by atoms with van der Waals surface area (Å²) in [7, 11) is 0. The van der Waals surface area contributed by atoms with Crippen LogP contribution in [0.2, 0.25) is 0 Å². The maximum atomic E-state index is 5.25. The molecule has 0 radical (unpaired) electrons. The number of nitrogens with zero attached hydrogens (tertiary/aromatic N) is 5. The lowest BCUT2D eigenvalue weighted by Gasteiger charge is -2.38. The molecule has 5 rings (SSSR count). The molecular formula is C40H82N6O. The van der Waals surface area contributed by atoms with Crippen LogP contribution in [0.1, 0.15) is 149 Å². The third kappa shape index (κ3) is 19.1. The molecule has 1 atom stereocenters. The van der Waals surface area contributed by atoms with E-state index < -0.39 is 0 Å². The van der Waals surface area contributed by atoms with E-state index in [-0.39, 0.29) is 5.54 Å². The first-order valence-electron chi connectivity index (χ1n) is 19.1. The second-order valence-corrected chi connectivity index (χ2v) is 19.0. The van der Waals surface area contributed by atoms with Crippen molar-refractivity contribution in [1.29, 1.82) is 0 Å². The Bertz CT molecular complexity index is 833. The minimum absolute atomic E-state index is 0.177. The van der Waals surface area contributed by atoms with Gasteiger partial charge in [0, 0.05) is 53.7 Å². The average molecular weight is 663 g/mol. The molecular weight excluding hydrogens is 580 g/mol. The van der Waals surface area contributed by atoms with Crippen molar-refractivity contribution >= 4 is 0 Å². The van der Waals surface area contributed by atoms with Crippen LogP contribution in [-0.4, -0.2) is 106 Å². The van der Waals surface area contributed by atoms with Crippen LogP contribution in [0.3, 0.4) is 0 Å². The molecule has 4 aliphatic heterocycles. The van der Waals surface area contributed by atoms with Gasteiger partial charge in [0.05, 0.1) is 19.5 Å². The Hall–Kier alpha value is -0.990. The van der Waals surface area contributed by atoms with Gasteiger partial charge in [0.25, 0.3) is 0 Å². The lowest BCUT2D eigenvalue weighted by Crippen LogP contribution is -2.47. The van der Waals surface area contributed by atoms with Gasteiger partial charge in [-0.15, -0.1) is 0 Å². The summed E-state index contributed by atoms with van der Waals surface area (Å²) in [4.78, 5) is 11.5. The van der Waals surface area contributed by atoms with Gasteiger partial charge >= 0.3 is 0 Å². The molecule has 0 aromatic carbocycles. The Morgan fingerprint density at radius 3 is 1.21 bits per heavy atom. The molecule has 278 valence electrons. The van der Waals surface area contributed by atoms with Gasteiger partial charge in [-0.05, 0) is 160 Å². The Morgan fingerprint density at radius 2 is 0.979 bits per heavy atom. The predicted molar refractivity (Wildman–Crippen MR) is 206 cm³/mol. The predicted octanol–water partition coefficient (Wildman–Crippen LogP) is 8.69. The van der Waals surface area contributed by atoms with Crippen LogP contribution >= 0.6 is 0 Å². The van der Waals surface area contributed by atoms with Gasteiger partial charge in [-0.2, -0.15) is 0 Å². The van der Waals surface area contributed by atoms with Crippen molar-refractivity contribution in [3.8, 4) is 0 Å². The van der Waals surface area contributed by atoms with Gasteiger partial charge in [0.2, 0.25) is 0 Å². The zero-order valence-electron chi connectivity index (χ0n) is 34.3. The number of piperidine rings is 1. The van der Waals surface area contributed by atoms with Crippen molar-refractivity contribution in [3.63, 3.8) is 0 Å². The molecule has 0 amide bonds. The summed E-state index contributed by atoms with van der Waals surface area (Å²) in [5.41, 5.74) is 1.79. The lowest BCUT2D eigenvalue weighted by molar-refractivity contribution is -0.00389. The monoisotopic (exact) mass is 663 g/mol. The fourth-order valence-electron chi connectivity index (χ4n) is 6.27. The molecule has 7 heteroatoms. The molecule has 0 bridgehead atoms. The molecule has 0 spiro atoms. The normalized spacial score (nSPS) is 22.1. The smallest absolute Gasteiger partial charge is 0.0950 e. The summed E-state index contributed by atoms with van der Waals surface area (Å²) in [5.74, 6) is 0. The minimum Gasteiger partial charge on any atom is -0.379 e. The Balaban J connectivity index is 0.000000294. The molecule has 5 heterocycles. The van der Waals surface area contributed by atoms with Gasteiger partial charge in [0.1, 0.15) is 0 Å². The van der Waals surface area contributed by atoms with E-state index in [4.69, 9.17) is 4.74 Å². The summed E-state index contributed by atoms with van der Waals surface area (Å²) in [5, 5.41) is 3.50. The first-order chi connectivity index (χ1) is 21.5. The first-order valence-corrected chi connectivity index (χ1v) is 19.1. The second kappa shape index (κ2) is 20.0. The molecule has 1 N–H and O–H groups in total. The molecule has 0 saturated carbocycles. The van der Waals surface area contributed by atoms with Gasteiger partial charge in [-0.25, -0.2) is 4.98 Å². The van der Waals surface area contributed by atoms with Gasteiger partial charge < -0.3 is 14.6 Å². The summed E-state index contributed by atoms with van der Waals surface area (Å²) >= 11 is 0. The largest absolute Gasteiger partial charge is 0.379 e. The maximum absolute atomic E-state index is 5.25. The van der Waals surface area contributed by atoms with Gasteiger partial charge in [-0.3, -0.25) is 14.7 Å². The topological polar surface area (TPSA) is 48.8 Å². The van der Waals surface area contributed by atoms with E-state index in [2.05, 4.69) is 133 Å². The number of morpholine rings is 1. The SMILES string of the molecule is CC(C)(C)C1CCCN1.CC(C)(C)N1CCCC1.CC(C)(C)N1CCCCC1.CC(C)(C)N1CCOCC1.CC(C)(C)n1ccnc1. The number of likely N-dealkylation sites (tertiary alicyclic amines) is 2. The van der Waals surface area contributed by atoms with Crippen LogP contribution in [0.5, 0.6) is 0 Å². The molecule has 4 saturated heterocycles. The summed E-state index contributed by atoms with van der Waals surface area (Å²) in [6.07, 6.45) is 15.4. The average Bonchev–Trinajstić information content (AvgIpc) is 3.77. The summed E-state index contributed by atoms with van der Waals surface area (Å²) < 4.78 is 7.33. The second-order valence-electron chi connectivity index (χ2n) is 19.0. The number of aromatic nitrogens is 2. The Labute approximate surface area is 294 Å². The number of rotatable bonds is 0. The quantitative estimate of drug-likeness (QED) is 0.300. The van der Waals surface area contributed by atoms with Gasteiger partial charge in [0.15, 0.2) is 0 Å². The van der Waals surface area contributed by atoms with E-state index in [0.29, 0.717) is 22.0 Å². The van der Waals surface area contributed by atoms with E-state index >= 15 is 0 Å². The summed E-state index contributed by atoms with van der Waals surface area (Å²) in [6.45, 7) is 44.3. The molecule has 4 aliphatic rings. The lowest BCUT2D eigenvalue weighted by atomic mass is 9.86. The number of ether oxygens (including phenoxy) is 1. The number of hydrogen-bond donors (Lipinski definition) is 1. The highest BCUT2D eigenvalue weighted by Crippen LogP contribution is 2.25. The van der Waals surface area contributed by atoms with Crippen LogP contribution in [0.15, 0.2) is 18.7 Å². The number of hydrogen-bond acceptors (Lipinski definition) is 6. The van der Waals surface area contributed by atoms with E-state index in [9.17, 15) is 0 Å². The third-order valence-corrected chi connectivity index (χ3v) is 9.70. The molecule has 4 fully saturated rings. The summed E-state index contributed by atoms with van der Waals surface area (Å²) in [6, 6.07) is 0.762. The van der Waals surface area contributed by atoms with Crippen LogP contribution in [0, 0.1) is 5.41 Å². The third-order valence-electron chi connectivity index (χ3n) is 9.70. The van der Waals surface area contributed by atoms with E-state index in [0.717, 1.165) is 32.3 Å². The van der Waals surface area contributed by atoms with Crippen molar-refractivity contribution < 1.29 is 4.74 Å². The van der Waals surface area contributed by atoms with E-state index in [1.54, 1.807) is 6.20 Å². The number of imidazole rings is 1. The standard InChI is InChI=1S/C9H19N.C8H17NO.2C8H17N.C7H12N2/c1-9(2,3)10-7-5-4-6-8-10;1-8(2,3)9-4-6-10-7-5-9;1-8(2,3)9-6-4-5-7-9;1-8(2,3)7-5-4-6-9-7;1-7(2,3)9-5-4-8-6-9/h4-8H2,1-3H3;4-7H2,1-3H3;4-7H2,1-3H3;7,9H,4-6H2,1-3H3;4-6H,1-3H3. The maximum Gasteiger partial charge on any atom is 0.0950 e. The van der Waals surface area contributed by atoms with Crippen molar-refractivity contribution in [1.82, 2.24) is 29.6 Å². The minimum atomic E-state index is 0.177. The highest BCUT2D eigenvalue weighted by Gasteiger charge is 2.27. The highest BCUT2D eigenvalue weighted by atomic mass is 16.5. The number of nitrogens with one attached hydrogen (secondary N) is 1. The Morgan fingerprint density at radius 1 is 0.553 bits per heavy atom. The molecule has 1 unspecified atom stereocenters. The van der Waals surface area contributed by atoms with Gasteiger partial charge in [-0.1, -0.05) is 27.2 Å². The zero-order chi connectivity index (χ0) is 35.9. The van der Waals surface area contributed by atoms with E-state index in [1.807, 2.05) is 12.5 Å². The Kier molecular flexibility index (Phi) is 18.7. The van der Waals surface area contributed by atoms with Crippen LogP contribution < -0.4 is 5.32 Å².